The molecule has 5 nitrogen and oxygen atoms in total. The minimum Gasteiger partial charge on any atom is -0.497 e. The van der Waals surface area contributed by atoms with Crippen molar-refractivity contribution in [2.45, 2.75) is 12.6 Å². The quantitative estimate of drug-likeness (QED) is 0.838. The molecule has 0 aliphatic heterocycles. The van der Waals surface area contributed by atoms with Crippen LogP contribution in [0.2, 0.25) is 0 Å². The van der Waals surface area contributed by atoms with Gasteiger partial charge in [0, 0.05) is 12.6 Å². The number of rotatable bonds is 7. The highest BCUT2D eigenvalue weighted by Crippen LogP contribution is 2.22. The van der Waals surface area contributed by atoms with Crippen LogP contribution in [0.25, 0.3) is 0 Å². The number of aromatic nitrogens is 1. The van der Waals surface area contributed by atoms with Crippen LogP contribution >= 0.6 is 0 Å². The smallest absolute Gasteiger partial charge is 0.180 e. The molecule has 1 N–H and O–H groups in total. The van der Waals surface area contributed by atoms with Gasteiger partial charge in [-0.1, -0.05) is 12.1 Å². The molecular weight excluding hydrogens is 254 g/mol. The molecule has 2 aromatic rings. The predicted molar refractivity (Wildman–Crippen MR) is 77.6 cm³/mol. The summed E-state index contributed by atoms with van der Waals surface area (Å²) < 4.78 is 10.5. The van der Waals surface area contributed by atoms with E-state index in [1.165, 1.54) is 12.0 Å². The molecule has 1 aromatic heterocycles. The Morgan fingerprint density at radius 1 is 1.40 bits per heavy atom. The first-order valence-electron chi connectivity index (χ1n) is 6.59. The number of ether oxygens (including phenoxy) is 1. The second-order valence-electron chi connectivity index (χ2n) is 4.85. The van der Waals surface area contributed by atoms with E-state index in [9.17, 15) is 0 Å². The predicted octanol–water partition coefficient (Wildman–Crippen LogP) is 2.08. The number of hydrogen-bond donors (Lipinski definition) is 1. The van der Waals surface area contributed by atoms with Gasteiger partial charge in [0.2, 0.25) is 0 Å². The molecule has 2 rings (SSSR count). The topological polar surface area (TPSA) is 50.5 Å². The summed E-state index contributed by atoms with van der Waals surface area (Å²) >= 11 is 0. The Bertz CT molecular complexity index is 512. The summed E-state index contributed by atoms with van der Waals surface area (Å²) in [7, 11) is 5.83. The Morgan fingerprint density at radius 2 is 2.25 bits per heavy atom. The molecule has 1 unspecified atom stereocenters. The normalized spacial score (nSPS) is 12.6. The Balaban J connectivity index is 1.99. The SMILES string of the molecule is COc1cccc(C(CNCc2cnco2)N(C)C)c1. The Morgan fingerprint density at radius 3 is 2.90 bits per heavy atom. The molecule has 0 saturated heterocycles. The second kappa shape index (κ2) is 7.07. The highest BCUT2D eigenvalue weighted by molar-refractivity contribution is 5.30. The van der Waals surface area contributed by atoms with E-state index >= 15 is 0 Å². The Kier molecular flexibility index (Phi) is 5.15. The van der Waals surface area contributed by atoms with E-state index < -0.39 is 0 Å². The Hall–Kier alpha value is -1.85. The third-order valence-electron chi connectivity index (χ3n) is 3.22. The van der Waals surface area contributed by atoms with Gasteiger partial charge in [0.25, 0.3) is 0 Å². The van der Waals surface area contributed by atoms with E-state index in [0.717, 1.165) is 18.1 Å². The Labute approximate surface area is 119 Å². The van der Waals surface area contributed by atoms with Gasteiger partial charge < -0.3 is 19.4 Å². The van der Waals surface area contributed by atoms with Crippen molar-refractivity contribution in [1.82, 2.24) is 15.2 Å². The van der Waals surface area contributed by atoms with Crippen LogP contribution in [0.3, 0.4) is 0 Å². The lowest BCUT2D eigenvalue weighted by Crippen LogP contribution is -2.30. The van der Waals surface area contributed by atoms with Crippen molar-refractivity contribution in [3.63, 3.8) is 0 Å². The highest BCUT2D eigenvalue weighted by atomic mass is 16.5. The van der Waals surface area contributed by atoms with Gasteiger partial charge in [-0.25, -0.2) is 4.98 Å². The summed E-state index contributed by atoms with van der Waals surface area (Å²) in [6.45, 7) is 1.50. The van der Waals surface area contributed by atoms with Crippen molar-refractivity contribution in [1.29, 1.82) is 0 Å². The minimum atomic E-state index is 0.271. The molecule has 1 aromatic carbocycles. The summed E-state index contributed by atoms with van der Waals surface area (Å²) in [6.07, 6.45) is 3.17. The first-order chi connectivity index (χ1) is 9.70. The molecule has 0 spiro atoms. The van der Waals surface area contributed by atoms with E-state index in [1.54, 1.807) is 13.3 Å². The van der Waals surface area contributed by atoms with Crippen LogP contribution in [0.5, 0.6) is 5.75 Å². The molecule has 0 fully saturated rings. The fourth-order valence-electron chi connectivity index (χ4n) is 2.11. The number of methoxy groups -OCH3 is 1. The van der Waals surface area contributed by atoms with Crippen LogP contribution in [0, 0.1) is 0 Å². The number of hydrogen-bond acceptors (Lipinski definition) is 5. The van der Waals surface area contributed by atoms with Crippen molar-refractivity contribution in [3.05, 3.63) is 48.2 Å². The zero-order chi connectivity index (χ0) is 14.4. The fraction of sp³-hybridized carbons (Fsp3) is 0.400. The maximum absolute atomic E-state index is 5.29. The second-order valence-corrected chi connectivity index (χ2v) is 4.85. The van der Waals surface area contributed by atoms with Gasteiger partial charge in [-0.3, -0.25) is 0 Å². The number of benzene rings is 1. The standard InChI is InChI=1S/C15H21N3O2/c1-18(2)15(10-16-8-14-9-17-11-20-14)12-5-4-6-13(7-12)19-3/h4-7,9,11,15-16H,8,10H2,1-3H3. The molecule has 0 radical (unpaired) electrons. The lowest BCUT2D eigenvalue weighted by atomic mass is 10.1. The van der Waals surface area contributed by atoms with E-state index in [-0.39, 0.29) is 6.04 Å². The van der Waals surface area contributed by atoms with Gasteiger partial charge in [0.1, 0.15) is 11.5 Å². The van der Waals surface area contributed by atoms with Gasteiger partial charge in [0.05, 0.1) is 19.9 Å². The third kappa shape index (κ3) is 3.82. The van der Waals surface area contributed by atoms with Gasteiger partial charge in [-0.05, 0) is 31.8 Å². The largest absolute Gasteiger partial charge is 0.497 e. The van der Waals surface area contributed by atoms with Crippen LogP contribution in [0.4, 0.5) is 0 Å². The van der Waals surface area contributed by atoms with Gasteiger partial charge in [0.15, 0.2) is 6.39 Å². The average molecular weight is 275 g/mol. The molecule has 5 heteroatoms. The number of likely N-dealkylation sites (N-methyl/N-ethyl adjacent to an activating group) is 1. The van der Waals surface area contributed by atoms with Crippen molar-refractivity contribution >= 4 is 0 Å². The molecule has 1 atom stereocenters. The van der Waals surface area contributed by atoms with Crippen LogP contribution in [0.1, 0.15) is 17.4 Å². The maximum Gasteiger partial charge on any atom is 0.180 e. The minimum absolute atomic E-state index is 0.271. The number of nitrogens with zero attached hydrogens (tertiary/aromatic N) is 2. The summed E-state index contributed by atoms with van der Waals surface area (Å²) in [5, 5.41) is 3.39. The molecule has 108 valence electrons. The van der Waals surface area contributed by atoms with Gasteiger partial charge in [-0.15, -0.1) is 0 Å². The summed E-state index contributed by atoms with van der Waals surface area (Å²) in [5.41, 5.74) is 1.22. The molecule has 0 aliphatic carbocycles. The molecule has 0 amide bonds. The van der Waals surface area contributed by atoms with E-state index in [0.29, 0.717) is 6.54 Å². The van der Waals surface area contributed by atoms with E-state index in [4.69, 9.17) is 9.15 Å². The third-order valence-corrected chi connectivity index (χ3v) is 3.22. The van der Waals surface area contributed by atoms with Crippen LogP contribution < -0.4 is 10.1 Å². The average Bonchev–Trinajstić information content (AvgIpc) is 2.96. The first-order valence-corrected chi connectivity index (χ1v) is 6.59. The molecule has 0 bridgehead atoms. The van der Waals surface area contributed by atoms with Crippen molar-refractivity contribution < 1.29 is 9.15 Å². The summed E-state index contributed by atoms with van der Waals surface area (Å²) in [4.78, 5) is 6.08. The lowest BCUT2D eigenvalue weighted by molar-refractivity contribution is 0.284. The zero-order valence-electron chi connectivity index (χ0n) is 12.2. The molecule has 0 saturated carbocycles. The number of oxazole rings is 1. The van der Waals surface area contributed by atoms with Crippen molar-refractivity contribution in [3.8, 4) is 5.75 Å². The van der Waals surface area contributed by atoms with Crippen LogP contribution in [-0.2, 0) is 6.54 Å². The van der Waals surface area contributed by atoms with Crippen molar-refractivity contribution in [2.75, 3.05) is 27.7 Å². The molecule has 20 heavy (non-hydrogen) atoms. The zero-order valence-corrected chi connectivity index (χ0v) is 12.2. The monoisotopic (exact) mass is 275 g/mol. The highest BCUT2D eigenvalue weighted by Gasteiger charge is 2.14. The van der Waals surface area contributed by atoms with E-state index in [1.807, 2.05) is 12.1 Å². The van der Waals surface area contributed by atoms with E-state index in [2.05, 4.69) is 41.4 Å². The lowest BCUT2D eigenvalue weighted by Gasteiger charge is -2.25. The van der Waals surface area contributed by atoms with Gasteiger partial charge in [-0.2, -0.15) is 0 Å². The van der Waals surface area contributed by atoms with Gasteiger partial charge >= 0.3 is 0 Å². The molecule has 1 heterocycles. The number of nitrogens with one attached hydrogen (secondary N) is 1. The summed E-state index contributed by atoms with van der Waals surface area (Å²) in [5.74, 6) is 1.72. The molecular formula is C15H21N3O2. The van der Waals surface area contributed by atoms with Crippen molar-refractivity contribution in [2.24, 2.45) is 0 Å². The fourth-order valence-corrected chi connectivity index (χ4v) is 2.11. The summed E-state index contributed by atoms with van der Waals surface area (Å²) in [6, 6.07) is 8.43. The first kappa shape index (κ1) is 14.6. The van der Waals surface area contributed by atoms with Crippen LogP contribution in [0.15, 0.2) is 41.3 Å². The maximum atomic E-state index is 5.29. The molecule has 0 aliphatic rings. The van der Waals surface area contributed by atoms with Crippen LogP contribution in [-0.4, -0.2) is 37.6 Å².